The molecule has 0 aliphatic heterocycles. The van der Waals surface area contributed by atoms with Crippen molar-refractivity contribution < 1.29 is 0 Å². The Morgan fingerprint density at radius 2 is 2.00 bits per heavy atom. The van der Waals surface area contributed by atoms with Crippen LogP contribution in [0.15, 0.2) is 24.3 Å². The van der Waals surface area contributed by atoms with E-state index in [9.17, 15) is 0 Å². The number of unbranched alkanes of at least 4 members (excludes halogenated alkanes) is 4. The van der Waals surface area contributed by atoms with Crippen LogP contribution in [0.2, 0.25) is 5.02 Å². The molecule has 1 rings (SSSR count). The van der Waals surface area contributed by atoms with Crippen LogP contribution >= 0.6 is 11.6 Å². The van der Waals surface area contributed by atoms with Crippen LogP contribution in [0.5, 0.6) is 0 Å². The molecular weight excluding hydrogens is 216 g/mol. The summed E-state index contributed by atoms with van der Waals surface area (Å²) < 4.78 is 0. The third kappa shape index (κ3) is 5.83. The molecule has 0 radical (unpaired) electrons. The summed E-state index contributed by atoms with van der Waals surface area (Å²) in [5.41, 5.74) is 1.20. The van der Waals surface area contributed by atoms with E-state index in [2.05, 4.69) is 24.8 Å². The summed E-state index contributed by atoms with van der Waals surface area (Å²) in [4.78, 5) is 0. The first-order valence-electron chi connectivity index (χ1n) is 6.03. The fraction of sp³-hybridized carbons (Fsp3) is 0.467. The van der Waals surface area contributed by atoms with Crippen LogP contribution in [0.3, 0.4) is 0 Å². The van der Waals surface area contributed by atoms with Crippen molar-refractivity contribution in [1.82, 2.24) is 0 Å². The topological polar surface area (TPSA) is 0 Å². The second-order valence-electron chi connectivity index (χ2n) is 3.97. The third-order valence-corrected chi connectivity index (χ3v) is 2.70. The Hall–Kier alpha value is -0.930. The molecule has 0 N–H and O–H groups in total. The standard InChI is InChI=1S/C15H19Cl/c1-2-3-4-5-6-7-8-10-14-11-9-12-15(16)13-14/h9,11-13H,2-6,10H2,1H3. The lowest BCUT2D eigenvalue weighted by molar-refractivity contribution is 0.679. The monoisotopic (exact) mass is 234 g/mol. The molecule has 0 nitrogen and oxygen atoms in total. The largest absolute Gasteiger partial charge is 0.103 e. The van der Waals surface area contributed by atoms with Gasteiger partial charge in [0.25, 0.3) is 0 Å². The highest BCUT2D eigenvalue weighted by Crippen LogP contribution is 2.10. The maximum atomic E-state index is 5.89. The lowest BCUT2D eigenvalue weighted by Crippen LogP contribution is -1.80. The van der Waals surface area contributed by atoms with E-state index < -0.39 is 0 Å². The Labute approximate surface area is 104 Å². The van der Waals surface area contributed by atoms with E-state index in [0.29, 0.717) is 0 Å². The number of halogens is 1. The number of rotatable bonds is 5. The maximum absolute atomic E-state index is 5.89. The lowest BCUT2D eigenvalue weighted by Gasteiger charge is -1.95. The van der Waals surface area contributed by atoms with Gasteiger partial charge in [-0.1, -0.05) is 55.8 Å². The molecule has 0 saturated carbocycles. The summed E-state index contributed by atoms with van der Waals surface area (Å²) in [5, 5.41) is 0.794. The van der Waals surface area contributed by atoms with Crippen LogP contribution < -0.4 is 0 Å². The van der Waals surface area contributed by atoms with Gasteiger partial charge in [0.15, 0.2) is 0 Å². The fourth-order valence-electron chi connectivity index (χ4n) is 1.54. The summed E-state index contributed by atoms with van der Waals surface area (Å²) in [6.07, 6.45) is 7.00. The van der Waals surface area contributed by atoms with Crippen molar-refractivity contribution in [3.05, 3.63) is 34.9 Å². The molecule has 0 spiro atoms. The van der Waals surface area contributed by atoms with Crippen molar-refractivity contribution in [3.63, 3.8) is 0 Å². The van der Waals surface area contributed by atoms with Gasteiger partial charge in [-0.2, -0.15) is 0 Å². The molecule has 0 aliphatic rings. The van der Waals surface area contributed by atoms with Crippen molar-refractivity contribution >= 4 is 11.6 Å². The van der Waals surface area contributed by atoms with Crippen molar-refractivity contribution in [2.45, 2.75) is 45.4 Å². The van der Waals surface area contributed by atoms with Crippen molar-refractivity contribution in [3.8, 4) is 11.8 Å². The third-order valence-electron chi connectivity index (χ3n) is 2.46. The highest BCUT2D eigenvalue weighted by atomic mass is 35.5. The molecule has 1 aromatic rings. The first-order valence-corrected chi connectivity index (χ1v) is 6.41. The number of benzene rings is 1. The summed E-state index contributed by atoms with van der Waals surface area (Å²) in [6.45, 7) is 2.23. The Morgan fingerprint density at radius 3 is 2.75 bits per heavy atom. The molecule has 0 heterocycles. The van der Waals surface area contributed by atoms with Crippen LogP contribution in [0, 0.1) is 11.8 Å². The second kappa shape index (κ2) is 8.25. The lowest BCUT2D eigenvalue weighted by atomic mass is 10.1. The van der Waals surface area contributed by atoms with Gasteiger partial charge >= 0.3 is 0 Å². The zero-order valence-corrected chi connectivity index (χ0v) is 10.7. The molecule has 16 heavy (non-hydrogen) atoms. The predicted octanol–water partition coefficient (Wildman–Crippen LogP) is 4.86. The molecule has 0 unspecified atom stereocenters. The van der Waals surface area contributed by atoms with Gasteiger partial charge in [-0.25, -0.2) is 0 Å². The Morgan fingerprint density at radius 1 is 1.12 bits per heavy atom. The summed E-state index contributed by atoms with van der Waals surface area (Å²) >= 11 is 5.89. The summed E-state index contributed by atoms with van der Waals surface area (Å²) in [6, 6.07) is 7.91. The Balaban J connectivity index is 2.21. The van der Waals surface area contributed by atoms with E-state index in [-0.39, 0.29) is 0 Å². The van der Waals surface area contributed by atoms with Gasteiger partial charge in [0.1, 0.15) is 0 Å². The van der Waals surface area contributed by atoms with Gasteiger partial charge in [0.2, 0.25) is 0 Å². The van der Waals surface area contributed by atoms with Crippen LogP contribution in [0.1, 0.15) is 44.6 Å². The van der Waals surface area contributed by atoms with E-state index in [0.717, 1.165) is 17.9 Å². The molecule has 0 atom stereocenters. The van der Waals surface area contributed by atoms with E-state index in [4.69, 9.17) is 11.6 Å². The zero-order chi connectivity index (χ0) is 11.6. The maximum Gasteiger partial charge on any atom is 0.0409 e. The number of hydrogen-bond acceptors (Lipinski definition) is 0. The van der Waals surface area contributed by atoms with Crippen molar-refractivity contribution in [2.75, 3.05) is 0 Å². The fourth-order valence-corrected chi connectivity index (χ4v) is 1.75. The minimum atomic E-state index is 0.794. The van der Waals surface area contributed by atoms with E-state index >= 15 is 0 Å². The highest BCUT2D eigenvalue weighted by molar-refractivity contribution is 6.30. The molecule has 0 amide bonds. The van der Waals surface area contributed by atoms with Crippen LogP contribution in [0.25, 0.3) is 0 Å². The summed E-state index contributed by atoms with van der Waals surface area (Å²) in [5.74, 6) is 6.42. The molecule has 1 aromatic carbocycles. The van der Waals surface area contributed by atoms with E-state index in [1.165, 1.54) is 31.2 Å². The highest BCUT2D eigenvalue weighted by Gasteiger charge is 1.90. The molecule has 1 heteroatoms. The van der Waals surface area contributed by atoms with Gasteiger partial charge in [-0.3, -0.25) is 0 Å². The Bertz CT molecular complexity index is 357. The first kappa shape index (κ1) is 13.1. The van der Waals surface area contributed by atoms with Gasteiger partial charge < -0.3 is 0 Å². The second-order valence-corrected chi connectivity index (χ2v) is 4.41. The molecule has 0 saturated heterocycles. The average Bonchev–Trinajstić information content (AvgIpc) is 2.28. The number of hydrogen-bond donors (Lipinski definition) is 0. The van der Waals surface area contributed by atoms with Crippen molar-refractivity contribution in [1.29, 1.82) is 0 Å². The molecular formula is C15H19Cl. The van der Waals surface area contributed by atoms with Gasteiger partial charge in [-0.05, 0) is 24.1 Å². The zero-order valence-electron chi connectivity index (χ0n) is 9.93. The van der Waals surface area contributed by atoms with Crippen LogP contribution in [-0.4, -0.2) is 0 Å². The van der Waals surface area contributed by atoms with Crippen LogP contribution in [0.4, 0.5) is 0 Å². The quantitative estimate of drug-likeness (QED) is 0.504. The minimum absolute atomic E-state index is 0.794. The van der Waals surface area contributed by atoms with Crippen LogP contribution in [-0.2, 0) is 6.42 Å². The SMILES string of the molecule is CCCCCCC#CCc1cccc(Cl)c1. The van der Waals surface area contributed by atoms with Gasteiger partial charge in [-0.15, -0.1) is 5.92 Å². The Kier molecular flexibility index (Phi) is 6.77. The smallest absolute Gasteiger partial charge is 0.0409 e. The molecule has 0 fully saturated rings. The van der Waals surface area contributed by atoms with Gasteiger partial charge in [0.05, 0.1) is 0 Å². The predicted molar refractivity (Wildman–Crippen MR) is 71.7 cm³/mol. The normalized spacial score (nSPS) is 9.62. The molecule has 0 aromatic heterocycles. The minimum Gasteiger partial charge on any atom is -0.103 e. The summed E-state index contributed by atoms with van der Waals surface area (Å²) in [7, 11) is 0. The molecule has 0 aliphatic carbocycles. The van der Waals surface area contributed by atoms with Gasteiger partial charge in [0, 0.05) is 17.9 Å². The van der Waals surface area contributed by atoms with E-state index in [1.54, 1.807) is 0 Å². The van der Waals surface area contributed by atoms with Crippen molar-refractivity contribution in [2.24, 2.45) is 0 Å². The molecule has 0 bridgehead atoms. The first-order chi connectivity index (χ1) is 7.83. The molecule has 86 valence electrons. The van der Waals surface area contributed by atoms with E-state index in [1.807, 2.05) is 18.2 Å². The average molecular weight is 235 g/mol.